The summed E-state index contributed by atoms with van der Waals surface area (Å²) < 4.78 is 21.2. The Bertz CT molecular complexity index is 380. The molecule has 0 unspecified atom stereocenters. The lowest BCUT2D eigenvalue weighted by Gasteiger charge is -2.17. The molecular formula is C17H32N2O7. The second kappa shape index (κ2) is 18.2. The highest BCUT2D eigenvalue weighted by Crippen LogP contribution is 1.99. The van der Waals surface area contributed by atoms with Crippen LogP contribution in [0.15, 0.2) is 0 Å². The van der Waals surface area contributed by atoms with Crippen molar-refractivity contribution in [3.63, 3.8) is 0 Å². The number of amides is 2. The first-order valence-electron chi connectivity index (χ1n) is 8.84. The SMILES string of the molecule is CN(CCOCCOCCOCCOCCC=O)C(=O)CCCC(N)=O. The Morgan fingerprint density at radius 1 is 0.846 bits per heavy atom. The van der Waals surface area contributed by atoms with E-state index in [4.69, 9.17) is 24.7 Å². The number of primary amides is 1. The molecule has 0 aromatic heterocycles. The molecule has 0 fully saturated rings. The third-order valence-electron chi connectivity index (χ3n) is 3.31. The van der Waals surface area contributed by atoms with E-state index >= 15 is 0 Å². The maximum absolute atomic E-state index is 11.7. The van der Waals surface area contributed by atoms with Crippen molar-refractivity contribution in [1.82, 2.24) is 4.90 Å². The number of hydrogen-bond acceptors (Lipinski definition) is 7. The van der Waals surface area contributed by atoms with Gasteiger partial charge in [0.2, 0.25) is 11.8 Å². The standard InChI is InChI=1S/C17H32N2O7/c1-19(17(22)5-2-4-16(18)21)6-9-24-11-13-26-15-14-25-12-10-23-8-3-7-20/h7H,2-6,8-15H2,1H3,(H2,18,21). The lowest BCUT2D eigenvalue weighted by molar-refractivity contribution is -0.130. The number of carbonyl (C=O) groups is 3. The van der Waals surface area contributed by atoms with Crippen molar-refractivity contribution in [3.05, 3.63) is 0 Å². The van der Waals surface area contributed by atoms with Crippen molar-refractivity contribution in [2.75, 3.05) is 66.4 Å². The Morgan fingerprint density at radius 3 is 1.85 bits per heavy atom. The van der Waals surface area contributed by atoms with Gasteiger partial charge in [0.15, 0.2) is 0 Å². The predicted molar refractivity (Wildman–Crippen MR) is 94.6 cm³/mol. The molecular weight excluding hydrogens is 344 g/mol. The zero-order valence-corrected chi connectivity index (χ0v) is 15.7. The summed E-state index contributed by atoms with van der Waals surface area (Å²) in [5.41, 5.74) is 5.03. The third-order valence-corrected chi connectivity index (χ3v) is 3.31. The first-order valence-corrected chi connectivity index (χ1v) is 8.84. The van der Waals surface area contributed by atoms with Crippen LogP contribution >= 0.6 is 0 Å². The number of nitrogens with zero attached hydrogens (tertiary/aromatic N) is 1. The fourth-order valence-corrected chi connectivity index (χ4v) is 1.82. The lowest BCUT2D eigenvalue weighted by Crippen LogP contribution is -2.30. The molecule has 0 aromatic carbocycles. The molecule has 0 aliphatic rings. The van der Waals surface area contributed by atoms with E-state index in [1.807, 2.05) is 0 Å². The van der Waals surface area contributed by atoms with Gasteiger partial charge in [0, 0.05) is 32.9 Å². The van der Waals surface area contributed by atoms with Gasteiger partial charge >= 0.3 is 0 Å². The molecule has 0 aromatic rings. The van der Waals surface area contributed by atoms with Gasteiger partial charge < -0.3 is 34.4 Å². The lowest BCUT2D eigenvalue weighted by atomic mass is 10.2. The normalized spacial score (nSPS) is 10.7. The van der Waals surface area contributed by atoms with Gasteiger partial charge in [0.05, 0.1) is 52.9 Å². The number of carbonyl (C=O) groups excluding carboxylic acids is 3. The van der Waals surface area contributed by atoms with E-state index in [2.05, 4.69) is 0 Å². The minimum absolute atomic E-state index is 0.0293. The van der Waals surface area contributed by atoms with Crippen LogP contribution in [0.25, 0.3) is 0 Å². The second-order valence-corrected chi connectivity index (χ2v) is 5.54. The zero-order chi connectivity index (χ0) is 19.5. The first-order chi connectivity index (χ1) is 12.6. The summed E-state index contributed by atoms with van der Waals surface area (Å²) in [6.07, 6.45) is 2.23. The molecule has 0 bridgehead atoms. The van der Waals surface area contributed by atoms with Crippen LogP contribution in [-0.2, 0) is 33.3 Å². The topological polar surface area (TPSA) is 117 Å². The fourth-order valence-electron chi connectivity index (χ4n) is 1.82. The van der Waals surface area contributed by atoms with E-state index in [1.54, 1.807) is 11.9 Å². The van der Waals surface area contributed by atoms with Gasteiger partial charge in [-0.05, 0) is 6.42 Å². The van der Waals surface area contributed by atoms with Crippen molar-refractivity contribution in [2.24, 2.45) is 5.73 Å². The molecule has 0 aliphatic carbocycles. The molecule has 0 rings (SSSR count). The Labute approximate surface area is 155 Å². The largest absolute Gasteiger partial charge is 0.379 e. The van der Waals surface area contributed by atoms with E-state index in [1.165, 1.54) is 0 Å². The summed E-state index contributed by atoms with van der Waals surface area (Å²) in [5.74, 6) is -0.421. The van der Waals surface area contributed by atoms with Crippen molar-refractivity contribution < 1.29 is 33.3 Å². The van der Waals surface area contributed by atoms with E-state index in [9.17, 15) is 14.4 Å². The van der Waals surface area contributed by atoms with Gasteiger partial charge in [0.1, 0.15) is 6.29 Å². The van der Waals surface area contributed by atoms with Gasteiger partial charge in [-0.1, -0.05) is 0 Å². The number of rotatable bonds is 19. The molecule has 0 radical (unpaired) electrons. The number of nitrogens with two attached hydrogens (primary N) is 1. The molecule has 2 N–H and O–H groups in total. The number of ether oxygens (including phenoxy) is 4. The smallest absolute Gasteiger partial charge is 0.222 e. The summed E-state index contributed by atoms with van der Waals surface area (Å²) in [5, 5.41) is 0. The van der Waals surface area contributed by atoms with E-state index < -0.39 is 5.91 Å². The Kier molecular flexibility index (Phi) is 17.2. The highest BCUT2D eigenvalue weighted by molar-refractivity contribution is 5.77. The van der Waals surface area contributed by atoms with Crippen molar-refractivity contribution >= 4 is 18.1 Å². The Hall–Kier alpha value is -1.55. The van der Waals surface area contributed by atoms with E-state index in [-0.39, 0.29) is 12.3 Å². The molecule has 0 heterocycles. The quantitative estimate of drug-likeness (QED) is 0.244. The van der Waals surface area contributed by atoms with E-state index in [0.29, 0.717) is 78.7 Å². The molecule has 0 atom stereocenters. The average Bonchev–Trinajstić information content (AvgIpc) is 2.61. The molecule has 0 aliphatic heterocycles. The number of likely N-dealkylation sites (N-methyl/N-ethyl adjacent to an activating group) is 1. The molecule has 0 saturated heterocycles. The summed E-state index contributed by atoms with van der Waals surface area (Å²) in [6.45, 7) is 4.11. The predicted octanol–water partition coefficient (Wildman–Crippen LogP) is -0.244. The van der Waals surface area contributed by atoms with Crippen LogP contribution in [-0.4, -0.2) is 89.4 Å². The van der Waals surface area contributed by atoms with Gasteiger partial charge in [-0.2, -0.15) is 0 Å². The van der Waals surface area contributed by atoms with Crippen LogP contribution in [0.3, 0.4) is 0 Å². The van der Waals surface area contributed by atoms with Crippen LogP contribution < -0.4 is 5.73 Å². The maximum Gasteiger partial charge on any atom is 0.222 e. The molecule has 9 heteroatoms. The summed E-state index contributed by atoms with van der Waals surface area (Å²) in [6, 6.07) is 0. The summed E-state index contributed by atoms with van der Waals surface area (Å²) >= 11 is 0. The molecule has 0 spiro atoms. The Morgan fingerprint density at radius 2 is 1.35 bits per heavy atom. The van der Waals surface area contributed by atoms with Gasteiger partial charge in [-0.15, -0.1) is 0 Å². The minimum Gasteiger partial charge on any atom is -0.379 e. The van der Waals surface area contributed by atoms with Crippen LogP contribution in [0.5, 0.6) is 0 Å². The molecule has 9 nitrogen and oxygen atoms in total. The third kappa shape index (κ3) is 17.3. The molecule has 152 valence electrons. The first kappa shape index (κ1) is 24.5. The van der Waals surface area contributed by atoms with Crippen molar-refractivity contribution in [3.8, 4) is 0 Å². The number of aldehydes is 1. The van der Waals surface area contributed by atoms with Crippen LogP contribution in [0.1, 0.15) is 25.7 Å². The number of hydrogen-bond donors (Lipinski definition) is 1. The molecule has 26 heavy (non-hydrogen) atoms. The zero-order valence-electron chi connectivity index (χ0n) is 15.7. The van der Waals surface area contributed by atoms with Gasteiger partial charge in [0.25, 0.3) is 0 Å². The minimum atomic E-state index is -0.392. The second-order valence-electron chi connectivity index (χ2n) is 5.54. The summed E-state index contributed by atoms with van der Waals surface area (Å²) in [7, 11) is 1.70. The van der Waals surface area contributed by atoms with E-state index in [0.717, 1.165) is 6.29 Å². The van der Waals surface area contributed by atoms with Crippen molar-refractivity contribution in [2.45, 2.75) is 25.7 Å². The van der Waals surface area contributed by atoms with Crippen LogP contribution in [0.4, 0.5) is 0 Å². The molecule has 0 saturated carbocycles. The fraction of sp³-hybridized carbons (Fsp3) is 0.824. The van der Waals surface area contributed by atoms with Gasteiger partial charge in [-0.25, -0.2) is 0 Å². The van der Waals surface area contributed by atoms with Crippen LogP contribution in [0, 0.1) is 0 Å². The average molecular weight is 376 g/mol. The van der Waals surface area contributed by atoms with Crippen LogP contribution in [0.2, 0.25) is 0 Å². The van der Waals surface area contributed by atoms with Crippen molar-refractivity contribution in [1.29, 1.82) is 0 Å². The highest BCUT2D eigenvalue weighted by atomic mass is 16.6. The Balaban J connectivity index is 3.28. The molecule has 2 amide bonds. The monoisotopic (exact) mass is 376 g/mol. The van der Waals surface area contributed by atoms with Gasteiger partial charge in [-0.3, -0.25) is 9.59 Å². The maximum atomic E-state index is 11.7. The highest BCUT2D eigenvalue weighted by Gasteiger charge is 2.08. The summed E-state index contributed by atoms with van der Waals surface area (Å²) in [4.78, 5) is 34.0.